The van der Waals surface area contributed by atoms with Gasteiger partial charge in [-0.1, -0.05) is 30.3 Å². The molecule has 0 fully saturated rings. The highest BCUT2D eigenvalue weighted by Crippen LogP contribution is 2.34. The van der Waals surface area contributed by atoms with Gasteiger partial charge in [0.1, 0.15) is 0 Å². The number of fused-ring (bicyclic) bond motifs is 1. The predicted octanol–water partition coefficient (Wildman–Crippen LogP) is 5.50. The Bertz CT molecular complexity index is 1250. The van der Waals surface area contributed by atoms with Gasteiger partial charge >= 0.3 is 6.18 Å². The van der Waals surface area contributed by atoms with Crippen molar-refractivity contribution in [2.24, 2.45) is 0 Å². The van der Waals surface area contributed by atoms with Crippen molar-refractivity contribution < 1.29 is 22.6 Å². The first kappa shape index (κ1) is 19.9. The van der Waals surface area contributed by atoms with Crippen LogP contribution in [0.2, 0.25) is 0 Å². The smallest absolute Gasteiger partial charge is 0.416 e. The Kier molecular flexibility index (Phi) is 4.93. The third-order valence-corrected chi connectivity index (χ3v) is 5.07. The van der Waals surface area contributed by atoms with Gasteiger partial charge in [-0.2, -0.15) is 13.2 Å². The number of nitrogens with one attached hydrogen (secondary N) is 2. The molecule has 5 rings (SSSR count). The van der Waals surface area contributed by atoms with Crippen LogP contribution in [0.3, 0.4) is 0 Å². The minimum absolute atomic E-state index is 0.224. The van der Waals surface area contributed by atoms with Crippen molar-refractivity contribution in [1.82, 2.24) is 15.2 Å². The number of nitrogens with zero attached hydrogens (tertiary/aromatic N) is 2. The van der Waals surface area contributed by atoms with Crippen LogP contribution in [-0.2, 0) is 12.7 Å². The van der Waals surface area contributed by atoms with Crippen molar-refractivity contribution in [2.45, 2.75) is 12.7 Å². The maximum absolute atomic E-state index is 12.8. The van der Waals surface area contributed by atoms with Crippen LogP contribution in [0.5, 0.6) is 11.5 Å². The lowest BCUT2D eigenvalue weighted by Crippen LogP contribution is -2.04. The summed E-state index contributed by atoms with van der Waals surface area (Å²) in [6, 6.07) is 18.1. The summed E-state index contributed by atoms with van der Waals surface area (Å²) in [6.07, 6.45) is -4.38. The van der Waals surface area contributed by atoms with Gasteiger partial charge < -0.3 is 19.8 Å². The highest BCUT2D eigenvalue weighted by Gasteiger charge is 2.30. The van der Waals surface area contributed by atoms with E-state index in [0.29, 0.717) is 29.5 Å². The highest BCUT2D eigenvalue weighted by atomic mass is 19.4. The Morgan fingerprint density at radius 3 is 2.44 bits per heavy atom. The summed E-state index contributed by atoms with van der Waals surface area (Å²) in [5.41, 5.74) is 2.45. The number of para-hydroxylation sites is 1. The van der Waals surface area contributed by atoms with Crippen molar-refractivity contribution in [2.75, 3.05) is 12.1 Å². The number of halogens is 3. The van der Waals surface area contributed by atoms with Crippen LogP contribution in [-0.4, -0.2) is 22.0 Å². The average Bonchev–Trinajstić information content (AvgIpc) is 3.47. The molecule has 1 aromatic heterocycles. The average molecular weight is 438 g/mol. The van der Waals surface area contributed by atoms with E-state index in [1.165, 1.54) is 12.1 Å². The molecule has 3 aromatic carbocycles. The van der Waals surface area contributed by atoms with Gasteiger partial charge in [0.05, 0.1) is 5.56 Å². The van der Waals surface area contributed by atoms with E-state index in [1.54, 1.807) is 0 Å². The molecule has 0 spiro atoms. The van der Waals surface area contributed by atoms with Crippen molar-refractivity contribution in [1.29, 1.82) is 0 Å². The Balaban J connectivity index is 1.35. The number of anilines is 1. The van der Waals surface area contributed by atoms with E-state index in [0.717, 1.165) is 34.7 Å². The van der Waals surface area contributed by atoms with E-state index >= 15 is 0 Å². The number of aromatic nitrogens is 3. The molecule has 0 saturated carbocycles. The molecule has 1 aliphatic heterocycles. The molecular formula is C23H17F3N4O2. The van der Waals surface area contributed by atoms with Crippen molar-refractivity contribution in [3.63, 3.8) is 0 Å². The van der Waals surface area contributed by atoms with E-state index in [1.807, 2.05) is 42.5 Å². The van der Waals surface area contributed by atoms with Gasteiger partial charge in [-0.25, -0.2) is 0 Å². The number of aromatic amines is 1. The normalized spacial score (nSPS) is 12.7. The first-order valence-corrected chi connectivity index (χ1v) is 9.79. The van der Waals surface area contributed by atoms with Gasteiger partial charge in [0.2, 0.25) is 6.79 Å². The van der Waals surface area contributed by atoms with Gasteiger partial charge in [-0.3, -0.25) is 0 Å². The van der Waals surface area contributed by atoms with Crippen molar-refractivity contribution >= 4 is 5.69 Å². The van der Waals surface area contributed by atoms with E-state index in [-0.39, 0.29) is 6.79 Å². The van der Waals surface area contributed by atoms with Crippen LogP contribution in [0, 0.1) is 0 Å². The van der Waals surface area contributed by atoms with Crippen LogP contribution >= 0.6 is 0 Å². The molecular weight excluding hydrogens is 421 g/mol. The van der Waals surface area contributed by atoms with Gasteiger partial charge in [-0.05, 0) is 42.0 Å². The van der Waals surface area contributed by atoms with Crippen LogP contribution < -0.4 is 14.8 Å². The van der Waals surface area contributed by atoms with E-state index in [2.05, 4.69) is 20.5 Å². The SMILES string of the molecule is FC(F)(F)c1ccc(-c2nnc(-c3ccccc3NCc3ccc4c(c3)OCO4)[nH]2)cc1. The van der Waals surface area contributed by atoms with Crippen LogP contribution in [0.4, 0.5) is 18.9 Å². The van der Waals surface area contributed by atoms with E-state index < -0.39 is 11.7 Å². The molecule has 4 aromatic rings. The van der Waals surface area contributed by atoms with Gasteiger partial charge in [0, 0.05) is 23.4 Å². The van der Waals surface area contributed by atoms with E-state index in [4.69, 9.17) is 9.47 Å². The molecule has 1 aliphatic rings. The molecule has 0 amide bonds. The molecule has 0 unspecified atom stereocenters. The zero-order valence-corrected chi connectivity index (χ0v) is 16.6. The third-order valence-electron chi connectivity index (χ3n) is 5.07. The minimum atomic E-state index is -4.38. The third kappa shape index (κ3) is 3.96. The number of hydrogen-bond acceptors (Lipinski definition) is 5. The summed E-state index contributed by atoms with van der Waals surface area (Å²) in [5.74, 6) is 2.34. The Hall–Kier alpha value is -4.01. The van der Waals surface area contributed by atoms with Crippen molar-refractivity contribution in [3.05, 3.63) is 77.9 Å². The van der Waals surface area contributed by atoms with Crippen LogP contribution in [0.1, 0.15) is 11.1 Å². The Labute approximate surface area is 181 Å². The number of benzene rings is 3. The maximum atomic E-state index is 12.8. The number of alkyl halides is 3. The fraction of sp³-hybridized carbons (Fsp3) is 0.130. The highest BCUT2D eigenvalue weighted by molar-refractivity contribution is 5.74. The van der Waals surface area contributed by atoms with Gasteiger partial charge in [0.15, 0.2) is 23.1 Å². The zero-order chi connectivity index (χ0) is 22.1. The fourth-order valence-corrected chi connectivity index (χ4v) is 3.42. The van der Waals surface area contributed by atoms with Gasteiger partial charge in [0.25, 0.3) is 0 Å². The largest absolute Gasteiger partial charge is 0.454 e. The first-order chi connectivity index (χ1) is 15.5. The topological polar surface area (TPSA) is 72.1 Å². The molecule has 0 aliphatic carbocycles. The summed E-state index contributed by atoms with van der Waals surface area (Å²) in [6.45, 7) is 0.773. The zero-order valence-electron chi connectivity index (χ0n) is 16.6. The second kappa shape index (κ2) is 7.92. The Morgan fingerprint density at radius 1 is 0.875 bits per heavy atom. The number of ether oxygens (including phenoxy) is 2. The summed E-state index contributed by atoms with van der Waals surface area (Å²) in [4.78, 5) is 3.10. The molecule has 0 saturated heterocycles. The molecule has 6 nitrogen and oxygen atoms in total. The monoisotopic (exact) mass is 438 g/mol. The maximum Gasteiger partial charge on any atom is 0.416 e. The molecule has 0 radical (unpaired) electrons. The number of hydrogen-bond donors (Lipinski definition) is 2. The molecule has 162 valence electrons. The number of H-pyrrole nitrogens is 1. The molecule has 2 heterocycles. The lowest BCUT2D eigenvalue weighted by Gasteiger charge is -2.11. The fourth-order valence-electron chi connectivity index (χ4n) is 3.42. The van der Waals surface area contributed by atoms with Crippen LogP contribution in [0.15, 0.2) is 66.7 Å². The number of rotatable bonds is 5. The molecule has 9 heteroatoms. The lowest BCUT2D eigenvalue weighted by molar-refractivity contribution is -0.137. The van der Waals surface area contributed by atoms with E-state index in [9.17, 15) is 13.2 Å². The molecule has 0 atom stereocenters. The summed E-state index contributed by atoms with van der Waals surface area (Å²) in [7, 11) is 0. The van der Waals surface area contributed by atoms with Crippen molar-refractivity contribution in [3.8, 4) is 34.3 Å². The first-order valence-electron chi connectivity index (χ1n) is 9.79. The summed E-state index contributed by atoms with van der Waals surface area (Å²) in [5, 5.41) is 11.7. The second-order valence-corrected chi connectivity index (χ2v) is 7.18. The standard InChI is InChI=1S/C23H17F3N4O2/c24-23(25,26)16-8-6-15(7-9-16)21-28-22(30-29-21)17-3-1-2-4-18(17)27-12-14-5-10-19-20(11-14)32-13-31-19/h1-11,27H,12-13H2,(H,28,29,30). The quantitative estimate of drug-likeness (QED) is 0.431. The summed E-state index contributed by atoms with van der Waals surface area (Å²) >= 11 is 0. The van der Waals surface area contributed by atoms with Gasteiger partial charge in [-0.15, -0.1) is 10.2 Å². The molecule has 0 bridgehead atoms. The predicted molar refractivity (Wildman–Crippen MR) is 112 cm³/mol. The molecule has 2 N–H and O–H groups in total. The second-order valence-electron chi connectivity index (χ2n) is 7.18. The lowest BCUT2D eigenvalue weighted by atomic mass is 10.1. The summed E-state index contributed by atoms with van der Waals surface area (Å²) < 4.78 is 49.1. The molecule has 32 heavy (non-hydrogen) atoms. The minimum Gasteiger partial charge on any atom is -0.454 e. The Morgan fingerprint density at radius 2 is 1.62 bits per heavy atom. The van der Waals surface area contributed by atoms with Crippen LogP contribution in [0.25, 0.3) is 22.8 Å².